The molecule has 0 saturated carbocycles. The third-order valence-electron chi connectivity index (χ3n) is 3.86. The van der Waals surface area contributed by atoms with Gasteiger partial charge in [-0.2, -0.15) is 0 Å². The van der Waals surface area contributed by atoms with Crippen LogP contribution in [-0.2, 0) is 11.3 Å². The average Bonchev–Trinajstić information content (AvgIpc) is 2.74. The van der Waals surface area contributed by atoms with E-state index in [4.69, 9.17) is 0 Å². The van der Waals surface area contributed by atoms with Crippen LogP contribution < -0.4 is 0 Å². The van der Waals surface area contributed by atoms with Crippen LogP contribution in [0.5, 0.6) is 0 Å². The second-order valence-corrected chi connectivity index (χ2v) is 5.95. The molecular weight excluding hydrogens is 294 g/mol. The van der Waals surface area contributed by atoms with Crippen LogP contribution >= 0.6 is 15.9 Å². The molecule has 1 aromatic carbocycles. The van der Waals surface area contributed by atoms with Crippen molar-refractivity contribution in [3.8, 4) is 0 Å². The maximum absolute atomic E-state index is 11.4. The number of halogens is 1. The maximum Gasteiger partial charge on any atom is 0.310 e. The lowest BCUT2D eigenvalue weighted by Crippen LogP contribution is -2.33. The molecule has 0 radical (unpaired) electrons. The van der Waals surface area contributed by atoms with E-state index in [9.17, 15) is 9.90 Å². The Balaban J connectivity index is 2.03. The molecule has 1 atom stereocenters. The molecule has 1 fully saturated rings. The lowest BCUT2D eigenvalue weighted by Gasteiger charge is -2.23. The summed E-state index contributed by atoms with van der Waals surface area (Å²) in [5.41, 5.74) is 0.688. The van der Waals surface area contributed by atoms with E-state index in [1.807, 2.05) is 19.1 Å². The molecule has 1 aliphatic rings. The van der Waals surface area contributed by atoms with Crippen molar-refractivity contribution in [2.75, 3.05) is 13.1 Å². The Morgan fingerprint density at radius 3 is 2.89 bits per heavy atom. The van der Waals surface area contributed by atoms with Crippen molar-refractivity contribution in [3.63, 3.8) is 0 Å². The van der Waals surface area contributed by atoms with Crippen LogP contribution in [0.15, 0.2) is 28.7 Å². The summed E-state index contributed by atoms with van der Waals surface area (Å²) < 4.78 is 1.07. The van der Waals surface area contributed by atoms with Crippen LogP contribution in [-0.4, -0.2) is 29.1 Å². The minimum Gasteiger partial charge on any atom is -0.481 e. The van der Waals surface area contributed by atoms with Crippen molar-refractivity contribution in [3.05, 3.63) is 34.3 Å². The molecule has 0 aliphatic carbocycles. The van der Waals surface area contributed by atoms with Gasteiger partial charge in [0, 0.05) is 17.6 Å². The normalized spacial score (nSPS) is 24.3. The smallest absolute Gasteiger partial charge is 0.310 e. The predicted molar refractivity (Wildman–Crippen MR) is 74.4 cm³/mol. The number of likely N-dealkylation sites (tertiary alicyclic amines) is 1. The van der Waals surface area contributed by atoms with E-state index in [0.717, 1.165) is 24.0 Å². The molecule has 0 spiro atoms. The molecule has 4 heteroatoms. The zero-order chi connectivity index (χ0) is 13.2. The summed E-state index contributed by atoms with van der Waals surface area (Å²) in [6.45, 7) is 4.32. The molecule has 1 saturated heterocycles. The summed E-state index contributed by atoms with van der Waals surface area (Å²) >= 11 is 3.46. The molecule has 98 valence electrons. The average molecular weight is 312 g/mol. The van der Waals surface area contributed by atoms with Gasteiger partial charge in [-0.15, -0.1) is 0 Å². The lowest BCUT2D eigenvalue weighted by molar-refractivity contribution is -0.148. The second-order valence-electron chi connectivity index (χ2n) is 5.03. The van der Waals surface area contributed by atoms with Crippen LogP contribution in [0.3, 0.4) is 0 Å². The van der Waals surface area contributed by atoms with Gasteiger partial charge in [-0.1, -0.05) is 35.0 Å². The van der Waals surface area contributed by atoms with Crippen molar-refractivity contribution in [1.82, 2.24) is 4.90 Å². The van der Waals surface area contributed by atoms with Gasteiger partial charge in [0.2, 0.25) is 0 Å². The van der Waals surface area contributed by atoms with Gasteiger partial charge in [-0.25, -0.2) is 0 Å². The van der Waals surface area contributed by atoms with E-state index < -0.39 is 11.4 Å². The SMILES string of the molecule is CCC1(C(=O)O)CCN(Cc2cccc(Br)c2)C1. The molecule has 18 heavy (non-hydrogen) atoms. The number of carboxylic acids is 1. The van der Waals surface area contributed by atoms with Gasteiger partial charge < -0.3 is 5.11 Å². The highest BCUT2D eigenvalue weighted by Crippen LogP contribution is 2.34. The first kappa shape index (κ1) is 13.6. The number of hydrogen-bond acceptors (Lipinski definition) is 2. The van der Waals surface area contributed by atoms with Crippen LogP contribution in [0, 0.1) is 5.41 Å². The lowest BCUT2D eigenvalue weighted by atomic mass is 9.84. The molecule has 0 aromatic heterocycles. The number of hydrogen-bond donors (Lipinski definition) is 1. The fourth-order valence-electron chi connectivity index (χ4n) is 2.60. The molecule has 1 heterocycles. The number of aliphatic carboxylic acids is 1. The Morgan fingerprint density at radius 2 is 2.33 bits per heavy atom. The third kappa shape index (κ3) is 2.75. The van der Waals surface area contributed by atoms with Crippen molar-refractivity contribution in [2.24, 2.45) is 5.41 Å². The van der Waals surface area contributed by atoms with Gasteiger partial charge in [0.25, 0.3) is 0 Å². The Kier molecular flexibility index (Phi) is 4.07. The highest BCUT2D eigenvalue weighted by molar-refractivity contribution is 9.10. The minimum atomic E-state index is -0.651. The third-order valence-corrected chi connectivity index (χ3v) is 4.35. The number of benzene rings is 1. The maximum atomic E-state index is 11.4. The molecular formula is C14H18BrNO2. The fraction of sp³-hybridized carbons (Fsp3) is 0.500. The molecule has 0 amide bonds. The minimum absolute atomic E-state index is 0.536. The largest absolute Gasteiger partial charge is 0.481 e. The van der Waals surface area contributed by atoms with E-state index in [-0.39, 0.29) is 0 Å². The van der Waals surface area contributed by atoms with Gasteiger partial charge >= 0.3 is 5.97 Å². The quantitative estimate of drug-likeness (QED) is 0.928. The Hall–Kier alpha value is -0.870. The number of rotatable bonds is 4. The van der Waals surface area contributed by atoms with Gasteiger partial charge in [0.15, 0.2) is 0 Å². The van der Waals surface area contributed by atoms with E-state index in [2.05, 4.69) is 33.0 Å². The number of carboxylic acid groups (broad SMARTS) is 1. The van der Waals surface area contributed by atoms with Gasteiger partial charge in [0.1, 0.15) is 0 Å². The van der Waals surface area contributed by atoms with Crippen molar-refractivity contribution in [1.29, 1.82) is 0 Å². The zero-order valence-electron chi connectivity index (χ0n) is 10.5. The van der Waals surface area contributed by atoms with Crippen LogP contribution in [0.1, 0.15) is 25.3 Å². The van der Waals surface area contributed by atoms with Crippen LogP contribution in [0.25, 0.3) is 0 Å². The van der Waals surface area contributed by atoms with Gasteiger partial charge in [-0.3, -0.25) is 9.69 Å². The summed E-state index contributed by atoms with van der Waals surface area (Å²) in [6.07, 6.45) is 1.46. The molecule has 0 bridgehead atoms. The first-order chi connectivity index (χ1) is 8.55. The van der Waals surface area contributed by atoms with E-state index >= 15 is 0 Å². The number of carbonyl (C=O) groups is 1. The monoisotopic (exact) mass is 311 g/mol. The zero-order valence-corrected chi connectivity index (χ0v) is 12.1. The molecule has 1 N–H and O–H groups in total. The predicted octanol–water partition coefficient (Wildman–Crippen LogP) is 3.14. The Bertz CT molecular complexity index is 449. The standard InChI is InChI=1S/C14H18BrNO2/c1-2-14(13(17)18)6-7-16(10-14)9-11-4-3-5-12(15)8-11/h3-5,8H,2,6-7,9-10H2,1H3,(H,17,18). The summed E-state index contributed by atoms with van der Waals surface area (Å²) in [5.74, 6) is -0.651. The van der Waals surface area contributed by atoms with E-state index in [1.54, 1.807) is 0 Å². The van der Waals surface area contributed by atoms with Crippen LogP contribution in [0.4, 0.5) is 0 Å². The van der Waals surface area contributed by atoms with Crippen molar-refractivity contribution >= 4 is 21.9 Å². The molecule has 1 aliphatic heterocycles. The Labute approximate surface area is 116 Å². The van der Waals surface area contributed by atoms with Gasteiger partial charge in [-0.05, 0) is 37.1 Å². The summed E-state index contributed by atoms with van der Waals surface area (Å²) in [6, 6.07) is 8.19. The van der Waals surface area contributed by atoms with Crippen molar-refractivity contribution < 1.29 is 9.90 Å². The topological polar surface area (TPSA) is 40.5 Å². The van der Waals surface area contributed by atoms with Crippen molar-refractivity contribution in [2.45, 2.75) is 26.3 Å². The van der Waals surface area contributed by atoms with Crippen LogP contribution in [0.2, 0.25) is 0 Å². The van der Waals surface area contributed by atoms with E-state index in [1.165, 1.54) is 5.56 Å². The summed E-state index contributed by atoms with van der Waals surface area (Å²) in [4.78, 5) is 13.6. The number of nitrogens with zero attached hydrogens (tertiary/aromatic N) is 1. The summed E-state index contributed by atoms with van der Waals surface area (Å²) in [5, 5.41) is 9.36. The second kappa shape index (κ2) is 5.41. The Morgan fingerprint density at radius 1 is 1.56 bits per heavy atom. The first-order valence-electron chi connectivity index (χ1n) is 6.26. The highest BCUT2D eigenvalue weighted by atomic mass is 79.9. The van der Waals surface area contributed by atoms with E-state index in [0.29, 0.717) is 13.0 Å². The summed E-state index contributed by atoms with van der Waals surface area (Å²) in [7, 11) is 0. The highest BCUT2D eigenvalue weighted by Gasteiger charge is 2.42. The molecule has 1 unspecified atom stereocenters. The molecule has 1 aromatic rings. The molecule has 2 rings (SSSR count). The molecule has 3 nitrogen and oxygen atoms in total. The van der Waals surface area contributed by atoms with Gasteiger partial charge in [0.05, 0.1) is 5.41 Å². The first-order valence-corrected chi connectivity index (χ1v) is 7.05. The fourth-order valence-corrected chi connectivity index (χ4v) is 3.05.